The minimum Gasteiger partial charge on any atom is -0.308 e. The lowest BCUT2D eigenvalue weighted by Gasteiger charge is -2.11. The molecule has 0 unspecified atom stereocenters. The summed E-state index contributed by atoms with van der Waals surface area (Å²) in [6, 6.07) is 10.4. The number of rotatable bonds is 6. The maximum Gasteiger partial charge on any atom is 0.147 e. The minimum atomic E-state index is 0.729. The summed E-state index contributed by atoms with van der Waals surface area (Å²) in [6.07, 6.45) is 3.53. The number of benzene rings is 1. The Bertz CT molecular complexity index is 516. The first-order valence-corrected chi connectivity index (χ1v) is 7.31. The molecule has 4 nitrogen and oxygen atoms in total. The van der Waals surface area contributed by atoms with Crippen molar-refractivity contribution in [2.75, 3.05) is 5.43 Å². The van der Waals surface area contributed by atoms with Crippen molar-refractivity contribution >= 4 is 17.6 Å². The molecule has 1 heterocycles. The molecule has 0 saturated heterocycles. The first-order valence-electron chi connectivity index (χ1n) is 6.32. The van der Waals surface area contributed by atoms with Crippen LogP contribution in [0.15, 0.2) is 41.7 Å². The Morgan fingerprint density at radius 2 is 2.00 bits per heavy atom. The molecular weight excluding hydrogens is 256 g/mol. The van der Waals surface area contributed by atoms with Gasteiger partial charge in [-0.15, -0.1) is 11.8 Å². The molecule has 5 heteroatoms. The molecule has 1 aromatic carbocycles. The number of thioether (sulfide) groups is 1. The van der Waals surface area contributed by atoms with Crippen molar-refractivity contribution in [2.45, 2.75) is 30.5 Å². The van der Waals surface area contributed by atoms with Crippen LogP contribution in [0.3, 0.4) is 0 Å². The van der Waals surface area contributed by atoms with Crippen LogP contribution in [0.25, 0.3) is 0 Å². The van der Waals surface area contributed by atoms with Gasteiger partial charge in [-0.05, 0) is 12.0 Å². The number of nitrogens with one attached hydrogen (secondary N) is 1. The summed E-state index contributed by atoms with van der Waals surface area (Å²) in [5.74, 6) is 7.14. The molecule has 100 valence electrons. The zero-order chi connectivity index (χ0) is 13.5. The average Bonchev–Trinajstić information content (AvgIpc) is 2.47. The summed E-state index contributed by atoms with van der Waals surface area (Å²) >= 11 is 1.72. The van der Waals surface area contributed by atoms with Crippen molar-refractivity contribution in [1.29, 1.82) is 0 Å². The Kier molecular flexibility index (Phi) is 5.18. The van der Waals surface area contributed by atoms with Crippen LogP contribution in [-0.4, -0.2) is 9.97 Å². The molecule has 0 aliphatic carbocycles. The number of nitrogens with zero attached hydrogens (tertiary/aromatic N) is 2. The maximum atomic E-state index is 5.51. The average molecular weight is 274 g/mol. The molecule has 0 spiro atoms. The van der Waals surface area contributed by atoms with Crippen LogP contribution >= 0.6 is 11.8 Å². The topological polar surface area (TPSA) is 63.8 Å². The van der Waals surface area contributed by atoms with Gasteiger partial charge in [0.2, 0.25) is 0 Å². The molecule has 0 aliphatic heterocycles. The highest BCUT2D eigenvalue weighted by molar-refractivity contribution is 7.98. The number of hydrogen-bond donors (Lipinski definition) is 2. The predicted molar refractivity (Wildman–Crippen MR) is 79.8 cm³/mol. The van der Waals surface area contributed by atoms with Gasteiger partial charge in [-0.2, -0.15) is 0 Å². The molecule has 0 atom stereocenters. The molecule has 3 N–H and O–H groups in total. The molecule has 2 aromatic rings. The van der Waals surface area contributed by atoms with E-state index in [1.165, 1.54) is 5.56 Å². The number of nitrogens with two attached hydrogens (primary N) is 1. The Morgan fingerprint density at radius 3 is 2.68 bits per heavy atom. The zero-order valence-corrected chi connectivity index (χ0v) is 11.8. The molecule has 2 rings (SSSR count). The summed E-state index contributed by atoms with van der Waals surface area (Å²) in [4.78, 5) is 8.55. The molecule has 0 bridgehead atoms. The Morgan fingerprint density at radius 1 is 1.21 bits per heavy atom. The van der Waals surface area contributed by atoms with Gasteiger partial charge in [-0.3, -0.25) is 0 Å². The third-order valence-electron chi connectivity index (χ3n) is 2.76. The van der Waals surface area contributed by atoms with Gasteiger partial charge in [0.25, 0.3) is 0 Å². The van der Waals surface area contributed by atoms with Crippen LogP contribution in [0.2, 0.25) is 0 Å². The second-order valence-electron chi connectivity index (χ2n) is 4.17. The summed E-state index contributed by atoms with van der Waals surface area (Å²) in [5, 5.41) is 1.01. The highest BCUT2D eigenvalue weighted by Crippen LogP contribution is 2.28. The first kappa shape index (κ1) is 13.8. The van der Waals surface area contributed by atoms with E-state index in [2.05, 4.69) is 46.6 Å². The molecule has 19 heavy (non-hydrogen) atoms. The number of hydrogen-bond acceptors (Lipinski definition) is 5. The van der Waals surface area contributed by atoms with E-state index >= 15 is 0 Å². The van der Waals surface area contributed by atoms with E-state index in [1.807, 2.05) is 6.07 Å². The molecule has 0 aliphatic rings. The second kappa shape index (κ2) is 7.11. The predicted octanol–water partition coefficient (Wildman–Crippen LogP) is 3.01. The Labute approximate surface area is 117 Å². The number of hydrazine groups is 1. The van der Waals surface area contributed by atoms with Gasteiger partial charge in [0, 0.05) is 11.3 Å². The van der Waals surface area contributed by atoms with Crippen molar-refractivity contribution in [1.82, 2.24) is 9.97 Å². The van der Waals surface area contributed by atoms with Gasteiger partial charge < -0.3 is 5.43 Å². The van der Waals surface area contributed by atoms with Gasteiger partial charge in [0.1, 0.15) is 17.2 Å². The minimum absolute atomic E-state index is 0.729. The van der Waals surface area contributed by atoms with E-state index in [0.717, 1.165) is 35.0 Å². The van der Waals surface area contributed by atoms with Crippen molar-refractivity contribution in [3.8, 4) is 0 Å². The van der Waals surface area contributed by atoms with Gasteiger partial charge >= 0.3 is 0 Å². The third-order valence-corrected chi connectivity index (χ3v) is 3.86. The largest absolute Gasteiger partial charge is 0.308 e. The smallest absolute Gasteiger partial charge is 0.147 e. The highest BCUT2D eigenvalue weighted by atomic mass is 32.2. The molecule has 0 fully saturated rings. The fourth-order valence-electron chi connectivity index (χ4n) is 1.85. The Balaban J connectivity index is 2.15. The van der Waals surface area contributed by atoms with Crippen molar-refractivity contribution < 1.29 is 0 Å². The van der Waals surface area contributed by atoms with E-state index in [4.69, 9.17) is 5.84 Å². The van der Waals surface area contributed by atoms with Crippen LogP contribution in [0.4, 0.5) is 5.82 Å². The lowest BCUT2D eigenvalue weighted by Crippen LogP contribution is -2.12. The van der Waals surface area contributed by atoms with Gasteiger partial charge in [-0.1, -0.05) is 43.7 Å². The van der Waals surface area contributed by atoms with Crippen molar-refractivity contribution in [3.63, 3.8) is 0 Å². The molecule has 0 radical (unpaired) electrons. The Hall–Kier alpha value is -1.59. The van der Waals surface area contributed by atoms with Crippen molar-refractivity contribution in [3.05, 3.63) is 47.8 Å². The fraction of sp³-hybridized carbons (Fsp3) is 0.286. The zero-order valence-electron chi connectivity index (χ0n) is 11.0. The van der Waals surface area contributed by atoms with Crippen LogP contribution in [0.1, 0.15) is 24.5 Å². The van der Waals surface area contributed by atoms with E-state index < -0.39 is 0 Å². The second-order valence-corrected chi connectivity index (χ2v) is 5.14. The van der Waals surface area contributed by atoms with E-state index in [0.29, 0.717) is 0 Å². The first-order chi connectivity index (χ1) is 9.35. The molecule has 1 aromatic heterocycles. The molecule has 0 saturated carbocycles. The summed E-state index contributed by atoms with van der Waals surface area (Å²) < 4.78 is 0. The number of nitrogen functional groups attached to an aromatic ring is 1. The lowest BCUT2D eigenvalue weighted by atomic mass is 10.2. The highest BCUT2D eigenvalue weighted by Gasteiger charge is 2.10. The molecule has 0 amide bonds. The van der Waals surface area contributed by atoms with Crippen molar-refractivity contribution in [2.24, 2.45) is 5.84 Å². The van der Waals surface area contributed by atoms with Crippen LogP contribution in [0.5, 0.6) is 0 Å². The SMILES string of the molecule is CCCc1c(NN)ncnc1SCc1ccccc1. The number of anilines is 1. The van der Waals surface area contributed by atoms with Crippen LogP contribution in [0, 0.1) is 0 Å². The van der Waals surface area contributed by atoms with Gasteiger partial charge in [0.15, 0.2) is 0 Å². The summed E-state index contributed by atoms with van der Waals surface area (Å²) in [5.41, 5.74) is 5.05. The maximum absolute atomic E-state index is 5.51. The van der Waals surface area contributed by atoms with Crippen LogP contribution < -0.4 is 11.3 Å². The monoisotopic (exact) mass is 274 g/mol. The van der Waals surface area contributed by atoms with E-state index in [1.54, 1.807) is 18.1 Å². The summed E-state index contributed by atoms with van der Waals surface area (Å²) in [7, 11) is 0. The lowest BCUT2D eigenvalue weighted by molar-refractivity contribution is 0.856. The van der Waals surface area contributed by atoms with E-state index in [-0.39, 0.29) is 0 Å². The van der Waals surface area contributed by atoms with E-state index in [9.17, 15) is 0 Å². The fourth-order valence-corrected chi connectivity index (χ4v) is 2.84. The number of aromatic nitrogens is 2. The quantitative estimate of drug-likeness (QED) is 0.367. The summed E-state index contributed by atoms with van der Waals surface area (Å²) in [6.45, 7) is 2.14. The molecular formula is C14H18N4S. The third kappa shape index (κ3) is 3.68. The van der Waals surface area contributed by atoms with Gasteiger partial charge in [-0.25, -0.2) is 15.8 Å². The van der Waals surface area contributed by atoms with Crippen LogP contribution in [-0.2, 0) is 12.2 Å². The standard InChI is InChI=1S/C14H18N4S/c1-2-6-12-13(18-15)16-10-17-14(12)19-9-11-7-4-3-5-8-11/h3-5,7-8,10H,2,6,9,15H2,1H3,(H,16,17,18). The normalized spacial score (nSPS) is 10.4. The van der Waals surface area contributed by atoms with Gasteiger partial charge in [0.05, 0.1) is 0 Å².